The number of methoxy groups -OCH3 is 1. The lowest BCUT2D eigenvalue weighted by molar-refractivity contribution is -0.117. The van der Waals surface area contributed by atoms with E-state index in [1.165, 1.54) is 17.2 Å². The summed E-state index contributed by atoms with van der Waals surface area (Å²) in [5.74, 6) is 0.0514. The summed E-state index contributed by atoms with van der Waals surface area (Å²) < 4.78 is 24.2. The van der Waals surface area contributed by atoms with Crippen LogP contribution in [0.15, 0.2) is 77.6 Å². The number of aryl methyl sites for hydroxylation is 1. The fourth-order valence-corrected chi connectivity index (χ4v) is 3.53. The van der Waals surface area contributed by atoms with E-state index in [4.69, 9.17) is 9.26 Å². The van der Waals surface area contributed by atoms with Gasteiger partial charge in [-0.05, 0) is 59.4 Å². The highest BCUT2D eigenvalue weighted by Gasteiger charge is 2.15. The van der Waals surface area contributed by atoms with Crippen LogP contribution in [0.1, 0.15) is 70.8 Å². The van der Waals surface area contributed by atoms with Crippen molar-refractivity contribution >= 4 is 11.5 Å². The minimum Gasteiger partial charge on any atom is -0.380 e. The van der Waals surface area contributed by atoms with Gasteiger partial charge in [-0.2, -0.15) is 4.98 Å². The molecule has 6 nitrogen and oxygen atoms in total. The average molecular weight is 536 g/mol. The molecule has 0 unspecified atom stereocenters. The highest BCUT2D eigenvalue weighted by Crippen LogP contribution is 2.32. The van der Waals surface area contributed by atoms with Crippen molar-refractivity contribution in [1.29, 1.82) is 0 Å². The highest BCUT2D eigenvalue weighted by molar-refractivity contribution is 5.75. The number of primary amides is 1. The number of benzene rings is 2. The number of carbonyl (C=O) groups excluding carboxylic acids is 1. The number of aromatic nitrogens is 2. The molecule has 7 heteroatoms. The molecule has 0 spiro atoms. The molecule has 1 amide bonds. The molecule has 0 radical (unpaired) electrons. The first kappa shape index (κ1) is 33.2. The summed E-state index contributed by atoms with van der Waals surface area (Å²) in [7, 11) is 1.68. The molecule has 0 aliphatic carbocycles. The molecule has 3 aromatic rings. The number of hydrogen-bond donors (Lipinski definition) is 1. The fourth-order valence-electron chi connectivity index (χ4n) is 3.53. The van der Waals surface area contributed by atoms with Crippen LogP contribution in [0.2, 0.25) is 0 Å². The van der Waals surface area contributed by atoms with Gasteiger partial charge in [0.1, 0.15) is 5.83 Å². The van der Waals surface area contributed by atoms with E-state index in [1.807, 2.05) is 38.1 Å². The molecule has 0 aliphatic rings. The monoisotopic (exact) mass is 535 g/mol. The molecule has 0 atom stereocenters. The van der Waals surface area contributed by atoms with Gasteiger partial charge in [0.15, 0.2) is 0 Å². The normalized spacial score (nSPS) is 10.9. The van der Waals surface area contributed by atoms with Crippen LogP contribution in [0.4, 0.5) is 4.39 Å². The van der Waals surface area contributed by atoms with Crippen molar-refractivity contribution in [3.63, 3.8) is 0 Å². The first-order chi connectivity index (χ1) is 18.8. The molecular formula is C32H42FN3O3. The number of allylic oxidation sites excluding steroid dienone is 5. The van der Waals surface area contributed by atoms with E-state index in [-0.39, 0.29) is 5.91 Å². The first-order valence-electron chi connectivity index (χ1n) is 13.4. The number of carbonyl (C=O) groups is 1. The molecule has 0 fully saturated rings. The molecule has 0 aliphatic heterocycles. The molecule has 1 aromatic heterocycles. The Bertz CT molecular complexity index is 1240. The van der Waals surface area contributed by atoms with Gasteiger partial charge < -0.3 is 15.0 Å². The largest absolute Gasteiger partial charge is 0.380 e. The van der Waals surface area contributed by atoms with Crippen LogP contribution in [0.5, 0.6) is 0 Å². The van der Waals surface area contributed by atoms with Crippen LogP contribution < -0.4 is 5.73 Å². The molecule has 2 N–H and O–H groups in total. The summed E-state index contributed by atoms with van der Waals surface area (Å²) in [6, 6.07) is 14.5. The maximum absolute atomic E-state index is 13.1. The third-order valence-corrected chi connectivity index (χ3v) is 5.47. The Kier molecular flexibility index (Phi) is 15.7. The lowest BCUT2D eigenvalue weighted by Gasteiger charge is -2.13. The number of rotatable bonds is 11. The van der Waals surface area contributed by atoms with E-state index in [0.717, 1.165) is 36.0 Å². The van der Waals surface area contributed by atoms with Crippen LogP contribution in [-0.2, 0) is 22.6 Å². The van der Waals surface area contributed by atoms with Crippen molar-refractivity contribution in [2.24, 2.45) is 5.73 Å². The summed E-state index contributed by atoms with van der Waals surface area (Å²) in [4.78, 5) is 14.1. The van der Waals surface area contributed by atoms with E-state index in [0.29, 0.717) is 30.3 Å². The molecule has 2 aromatic carbocycles. The molecule has 3 rings (SSSR count). The quantitative estimate of drug-likeness (QED) is 0.250. The molecule has 210 valence electrons. The zero-order valence-corrected chi connectivity index (χ0v) is 24.1. The van der Waals surface area contributed by atoms with Crippen molar-refractivity contribution in [3.05, 3.63) is 90.0 Å². The van der Waals surface area contributed by atoms with Gasteiger partial charge in [-0.1, -0.05) is 89.2 Å². The summed E-state index contributed by atoms with van der Waals surface area (Å²) in [6.07, 6.45) is 8.06. The number of amides is 1. The lowest BCUT2D eigenvalue weighted by Crippen LogP contribution is -2.06. The van der Waals surface area contributed by atoms with E-state index in [9.17, 15) is 9.18 Å². The summed E-state index contributed by atoms with van der Waals surface area (Å²) in [5, 5.41) is 4.12. The molecule has 1 heterocycles. The SMILES string of the molecule is C=C(F)/C=C\C(=C/CCC)c1noc(-c2ccc(-c3ccccc3CC)c(COC)c2)n1.CC.CCC(N)=O. The number of nitrogens with zero attached hydrogens (tertiary/aromatic N) is 2. The lowest BCUT2D eigenvalue weighted by atomic mass is 9.93. The average Bonchev–Trinajstić information content (AvgIpc) is 3.45. The topological polar surface area (TPSA) is 91.2 Å². The van der Waals surface area contributed by atoms with Gasteiger partial charge in [0, 0.05) is 24.7 Å². The van der Waals surface area contributed by atoms with Gasteiger partial charge in [0.2, 0.25) is 11.7 Å². The van der Waals surface area contributed by atoms with Crippen LogP contribution in [0.25, 0.3) is 28.2 Å². The van der Waals surface area contributed by atoms with Crippen molar-refractivity contribution in [2.75, 3.05) is 7.11 Å². The molecule has 39 heavy (non-hydrogen) atoms. The number of nitrogens with two attached hydrogens (primary N) is 1. The maximum Gasteiger partial charge on any atom is 0.258 e. The van der Waals surface area contributed by atoms with Crippen molar-refractivity contribution in [1.82, 2.24) is 10.1 Å². The Labute approximate surface area is 232 Å². The summed E-state index contributed by atoms with van der Waals surface area (Å²) >= 11 is 0. The minimum atomic E-state index is -0.525. The van der Waals surface area contributed by atoms with Gasteiger partial charge in [-0.3, -0.25) is 4.79 Å². The van der Waals surface area contributed by atoms with Gasteiger partial charge in [0.25, 0.3) is 5.89 Å². The van der Waals surface area contributed by atoms with Gasteiger partial charge in [-0.15, -0.1) is 0 Å². The Morgan fingerprint density at radius 3 is 2.33 bits per heavy atom. The second-order valence-corrected chi connectivity index (χ2v) is 8.29. The third kappa shape index (κ3) is 10.8. The second-order valence-electron chi connectivity index (χ2n) is 8.29. The van der Waals surface area contributed by atoms with E-state index < -0.39 is 5.83 Å². The summed E-state index contributed by atoms with van der Waals surface area (Å²) in [5.41, 5.74) is 10.8. The molecule has 0 saturated carbocycles. The van der Waals surface area contributed by atoms with Crippen molar-refractivity contribution in [3.8, 4) is 22.6 Å². The first-order valence-corrected chi connectivity index (χ1v) is 13.4. The minimum absolute atomic E-state index is 0.245. The molecule has 0 bridgehead atoms. The third-order valence-electron chi connectivity index (χ3n) is 5.47. The van der Waals surface area contributed by atoms with Gasteiger partial charge in [0.05, 0.1) is 6.61 Å². The van der Waals surface area contributed by atoms with E-state index in [2.05, 4.69) is 60.6 Å². The van der Waals surface area contributed by atoms with Gasteiger partial charge >= 0.3 is 0 Å². The Balaban J connectivity index is 0.000000975. The predicted molar refractivity (Wildman–Crippen MR) is 158 cm³/mol. The number of halogens is 1. The summed E-state index contributed by atoms with van der Waals surface area (Å²) in [6.45, 7) is 13.7. The highest BCUT2D eigenvalue weighted by atomic mass is 19.1. The second kappa shape index (κ2) is 18.4. The van der Waals surface area contributed by atoms with Crippen LogP contribution in [0, 0.1) is 0 Å². The van der Waals surface area contributed by atoms with Crippen LogP contribution in [-0.4, -0.2) is 23.2 Å². The van der Waals surface area contributed by atoms with Crippen LogP contribution in [0.3, 0.4) is 0 Å². The smallest absolute Gasteiger partial charge is 0.258 e. The standard InChI is InChI=1S/C27H29FN2O2.C3H7NO.C2H6/c1-5-7-10-21(14-13-19(3)28)26-29-27(32-30-26)22-15-16-25(23(17-22)18-31-4)24-12-9-8-11-20(24)6-2;1-2-3(4)5;1-2/h8-17H,3,5-7,18H2,1-2,4H3;2H2,1H3,(H2,4,5);1-2H3/b14-13-,21-10+;;. The predicted octanol–water partition coefficient (Wildman–Crippen LogP) is 8.24. The molecule has 0 saturated heterocycles. The number of unbranched alkanes of at least 4 members (excludes halogenated alkanes) is 1. The Morgan fingerprint density at radius 1 is 1.08 bits per heavy atom. The fraction of sp³-hybridized carbons (Fsp3) is 0.344. The Hall–Kier alpha value is -3.84. The number of hydrogen-bond acceptors (Lipinski definition) is 5. The van der Waals surface area contributed by atoms with Crippen LogP contribution >= 0.6 is 0 Å². The molecular weight excluding hydrogens is 493 g/mol. The Morgan fingerprint density at radius 2 is 1.74 bits per heavy atom. The maximum atomic E-state index is 13.1. The zero-order valence-electron chi connectivity index (χ0n) is 24.1. The van der Waals surface area contributed by atoms with Crippen molar-refractivity contribution < 1.29 is 18.4 Å². The van der Waals surface area contributed by atoms with E-state index >= 15 is 0 Å². The number of ether oxygens (including phenoxy) is 1. The zero-order chi connectivity index (χ0) is 29.2. The van der Waals surface area contributed by atoms with Crippen molar-refractivity contribution in [2.45, 2.75) is 66.9 Å². The van der Waals surface area contributed by atoms with E-state index in [1.54, 1.807) is 20.1 Å². The van der Waals surface area contributed by atoms with Gasteiger partial charge in [-0.25, -0.2) is 4.39 Å².